The molecule has 3 nitrogen and oxygen atoms in total. The molecule has 1 amide bonds. The van der Waals surface area contributed by atoms with Gasteiger partial charge in [0.2, 0.25) is 5.91 Å². The van der Waals surface area contributed by atoms with Crippen LogP contribution in [0.15, 0.2) is 46.9 Å². The molecule has 0 aliphatic heterocycles. The minimum atomic E-state index is -0.569. The lowest BCUT2D eigenvalue weighted by Crippen LogP contribution is -2.37. The molecule has 0 saturated carbocycles. The third-order valence-electron chi connectivity index (χ3n) is 3.32. The van der Waals surface area contributed by atoms with Crippen LogP contribution in [-0.2, 0) is 11.2 Å². The summed E-state index contributed by atoms with van der Waals surface area (Å²) in [5.41, 5.74) is 10.0. The molecule has 4 heteroatoms. The Balaban J connectivity index is 2.08. The second-order valence-electron chi connectivity index (χ2n) is 5.22. The van der Waals surface area contributed by atoms with E-state index in [9.17, 15) is 4.79 Å². The van der Waals surface area contributed by atoms with Crippen LogP contribution in [0.1, 0.15) is 16.7 Å². The fourth-order valence-corrected chi connectivity index (χ4v) is 3.02. The van der Waals surface area contributed by atoms with E-state index in [-0.39, 0.29) is 5.91 Å². The van der Waals surface area contributed by atoms with Crippen LogP contribution in [-0.4, -0.2) is 11.9 Å². The Labute approximate surface area is 133 Å². The van der Waals surface area contributed by atoms with Crippen LogP contribution in [0.2, 0.25) is 0 Å². The third kappa shape index (κ3) is 4.16. The van der Waals surface area contributed by atoms with Gasteiger partial charge in [-0.1, -0.05) is 36.4 Å². The maximum absolute atomic E-state index is 12.2. The maximum atomic E-state index is 12.2. The van der Waals surface area contributed by atoms with Gasteiger partial charge in [0.05, 0.1) is 11.7 Å². The summed E-state index contributed by atoms with van der Waals surface area (Å²) in [5.74, 6) is -0.175. The molecule has 0 aliphatic carbocycles. The van der Waals surface area contributed by atoms with Crippen molar-refractivity contribution in [1.29, 1.82) is 0 Å². The van der Waals surface area contributed by atoms with Crippen molar-refractivity contribution in [1.82, 2.24) is 0 Å². The monoisotopic (exact) mass is 346 g/mol. The van der Waals surface area contributed by atoms with E-state index in [1.165, 1.54) is 0 Å². The zero-order valence-electron chi connectivity index (χ0n) is 12.2. The van der Waals surface area contributed by atoms with Crippen molar-refractivity contribution >= 4 is 27.5 Å². The number of anilines is 1. The number of halogens is 1. The number of carbonyl (C=O) groups is 1. The van der Waals surface area contributed by atoms with Crippen molar-refractivity contribution in [3.8, 4) is 0 Å². The molecule has 0 radical (unpaired) electrons. The van der Waals surface area contributed by atoms with Gasteiger partial charge >= 0.3 is 0 Å². The molecular formula is C17H19BrN2O. The molecule has 2 aromatic rings. The van der Waals surface area contributed by atoms with Gasteiger partial charge in [0.1, 0.15) is 0 Å². The zero-order valence-corrected chi connectivity index (χ0v) is 13.8. The lowest BCUT2D eigenvalue weighted by Gasteiger charge is -2.15. The van der Waals surface area contributed by atoms with Crippen LogP contribution in [0.5, 0.6) is 0 Å². The molecule has 0 aromatic heterocycles. The Morgan fingerprint density at radius 2 is 1.90 bits per heavy atom. The molecule has 1 atom stereocenters. The predicted octanol–water partition coefficient (Wildman–Crippen LogP) is 3.57. The number of amides is 1. The molecule has 110 valence electrons. The van der Waals surface area contributed by atoms with Gasteiger partial charge in [-0.25, -0.2) is 0 Å². The quantitative estimate of drug-likeness (QED) is 0.888. The van der Waals surface area contributed by atoms with E-state index in [4.69, 9.17) is 5.73 Å². The first kappa shape index (κ1) is 15.7. The topological polar surface area (TPSA) is 55.1 Å². The lowest BCUT2D eigenvalue weighted by atomic mass is 10.1. The highest BCUT2D eigenvalue weighted by Crippen LogP contribution is 2.27. The van der Waals surface area contributed by atoms with Crippen LogP contribution in [0.25, 0.3) is 0 Å². The van der Waals surface area contributed by atoms with E-state index in [1.807, 2.05) is 56.3 Å². The van der Waals surface area contributed by atoms with Crippen molar-refractivity contribution < 1.29 is 4.79 Å². The molecule has 0 unspecified atom stereocenters. The summed E-state index contributed by atoms with van der Waals surface area (Å²) < 4.78 is 0.875. The van der Waals surface area contributed by atoms with Crippen LogP contribution >= 0.6 is 15.9 Å². The van der Waals surface area contributed by atoms with Crippen LogP contribution in [0, 0.1) is 13.8 Å². The number of nitrogens with two attached hydrogens (primary N) is 1. The largest absolute Gasteiger partial charge is 0.323 e. The van der Waals surface area contributed by atoms with E-state index >= 15 is 0 Å². The number of hydrogen-bond donors (Lipinski definition) is 2. The molecule has 0 spiro atoms. The third-order valence-corrected chi connectivity index (χ3v) is 3.94. The summed E-state index contributed by atoms with van der Waals surface area (Å²) in [7, 11) is 0. The van der Waals surface area contributed by atoms with Gasteiger partial charge in [0.25, 0.3) is 0 Å². The molecule has 0 bridgehead atoms. The molecule has 0 aliphatic rings. The Morgan fingerprint density at radius 3 is 2.52 bits per heavy atom. The summed E-state index contributed by atoms with van der Waals surface area (Å²) in [6.45, 7) is 3.99. The summed E-state index contributed by atoms with van der Waals surface area (Å²) >= 11 is 3.49. The van der Waals surface area contributed by atoms with Crippen molar-refractivity contribution in [3.05, 3.63) is 63.6 Å². The fraction of sp³-hybridized carbons (Fsp3) is 0.235. The number of nitrogens with one attached hydrogen (secondary N) is 1. The van der Waals surface area contributed by atoms with E-state index in [2.05, 4.69) is 21.2 Å². The molecule has 2 rings (SSSR count). The highest BCUT2D eigenvalue weighted by molar-refractivity contribution is 9.10. The van der Waals surface area contributed by atoms with Crippen molar-refractivity contribution in [2.45, 2.75) is 26.3 Å². The second-order valence-corrected chi connectivity index (χ2v) is 6.08. The van der Waals surface area contributed by atoms with Crippen molar-refractivity contribution in [2.24, 2.45) is 5.73 Å². The molecule has 0 heterocycles. The first-order chi connectivity index (χ1) is 9.97. The smallest absolute Gasteiger partial charge is 0.241 e. The Kier molecular flexibility index (Phi) is 5.15. The molecular weight excluding hydrogens is 328 g/mol. The summed E-state index contributed by atoms with van der Waals surface area (Å²) in [6.07, 6.45) is 0.523. The summed E-state index contributed by atoms with van der Waals surface area (Å²) in [4.78, 5) is 12.2. The predicted molar refractivity (Wildman–Crippen MR) is 90.4 cm³/mol. The summed E-state index contributed by atoms with van der Waals surface area (Å²) in [6, 6.07) is 13.2. The molecule has 21 heavy (non-hydrogen) atoms. The fourth-order valence-electron chi connectivity index (χ4n) is 2.25. The zero-order chi connectivity index (χ0) is 15.4. The second kappa shape index (κ2) is 6.87. The van der Waals surface area contributed by atoms with Gasteiger partial charge in [0, 0.05) is 4.47 Å². The van der Waals surface area contributed by atoms with Crippen LogP contribution < -0.4 is 11.1 Å². The van der Waals surface area contributed by atoms with Crippen LogP contribution in [0.3, 0.4) is 0 Å². The Morgan fingerprint density at radius 1 is 1.24 bits per heavy atom. The average molecular weight is 347 g/mol. The number of rotatable bonds is 4. The first-order valence-electron chi connectivity index (χ1n) is 6.84. The first-order valence-corrected chi connectivity index (χ1v) is 7.64. The Bertz CT molecular complexity index is 617. The molecule has 3 N–H and O–H groups in total. The van der Waals surface area contributed by atoms with Gasteiger partial charge in [0.15, 0.2) is 0 Å². The minimum Gasteiger partial charge on any atom is -0.323 e. The normalized spacial score (nSPS) is 12.0. The SMILES string of the molecule is Cc1cc(C)c(NC(=O)[C@@H](N)Cc2ccccc2)c(Br)c1. The van der Waals surface area contributed by atoms with E-state index in [1.54, 1.807) is 0 Å². The van der Waals surface area contributed by atoms with Gasteiger partial charge in [-0.2, -0.15) is 0 Å². The minimum absolute atomic E-state index is 0.175. The maximum Gasteiger partial charge on any atom is 0.241 e. The number of carbonyl (C=O) groups excluding carboxylic acids is 1. The van der Waals surface area contributed by atoms with Gasteiger partial charge < -0.3 is 11.1 Å². The van der Waals surface area contributed by atoms with Gasteiger partial charge in [-0.3, -0.25) is 4.79 Å². The number of hydrogen-bond acceptors (Lipinski definition) is 2. The number of benzene rings is 2. The average Bonchev–Trinajstić information content (AvgIpc) is 2.43. The van der Waals surface area contributed by atoms with Crippen LogP contribution in [0.4, 0.5) is 5.69 Å². The van der Waals surface area contributed by atoms with E-state index in [0.717, 1.165) is 26.9 Å². The number of aryl methyl sites for hydroxylation is 2. The highest BCUT2D eigenvalue weighted by atomic mass is 79.9. The standard InChI is InChI=1S/C17H19BrN2O/c1-11-8-12(2)16(14(18)9-11)20-17(21)15(19)10-13-6-4-3-5-7-13/h3-9,15H,10,19H2,1-2H3,(H,20,21)/t15-/m0/s1. The molecule has 0 fully saturated rings. The van der Waals surface area contributed by atoms with Crippen molar-refractivity contribution in [3.63, 3.8) is 0 Å². The lowest BCUT2D eigenvalue weighted by molar-refractivity contribution is -0.117. The van der Waals surface area contributed by atoms with Gasteiger partial charge in [-0.15, -0.1) is 0 Å². The Hall–Kier alpha value is -1.65. The van der Waals surface area contributed by atoms with E-state index < -0.39 is 6.04 Å². The molecule has 2 aromatic carbocycles. The van der Waals surface area contributed by atoms with E-state index in [0.29, 0.717) is 6.42 Å². The van der Waals surface area contributed by atoms with Crippen molar-refractivity contribution in [2.75, 3.05) is 5.32 Å². The molecule has 0 saturated heterocycles. The highest BCUT2D eigenvalue weighted by Gasteiger charge is 2.16. The summed E-state index contributed by atoms with van der Waals surface area (Å²) in [5, 5.41) is 2.91. The van der Waals surface area contributed by atoms with Gasteiger partial charge in [-0.05, 0) is 59.0 Å².